The van der Waals surface area contributed by atoms with E-state index in [9.17, 15) is 9.59 Å². The predicted octanol–water partition coefficient (Wildman–Crippen LogP) is 3.41. The average Bonchev–Trinajstić information content (AvgIpc) is 2.63. The van der Waals surface area contributed by atoms with Gasteiger partial charge in [-0.05, 0) is 43.7 Å². The summed E-state index contributed by atoms with van der Waals surface area (Å²) in [5, 5.41) is 3.70. The van der Waals surface area contributed by atoms with Gasteiger partial charge in [0.15, 0.2) is 0 Å². The number of thioether (sulfide) groups is 1. The first-order chi connectivity index (χ1) is 12.0. The van der Waals surface area contributed by atoms with Gasteiger partial charge < -0.3 is 4.74 Å². The largest absolute Gasteiger partial charge is 0.465 e. The van der Waals surface area contributed by atoms with Crippen LogP contribution in [-0.2, 0) is 9.53 Å². The van der Waals surface area contributed by atoms with Gasteiger partial charge in [0.1, 0.15) is 0 Å². The first kappa shape index (κ1) is 18.7. The predicted molar refractivity (Wildman–Crippen MR) is 100 cm³/mol. The Hall–Kier alpha value is -2.60. The van der Waals surface area contributed by atoms with E-state index < -0.39 is 5.97 Å². The smallest absolute Gasteiger partial charge is 0.337 e. The Morgan fingerprint density at radius 2 is 1.76 bits per heavy atom. The van der Waals surface area contributed by atoms with Crippen LogP contribution in [0.1, 0.15) is 28.4 Å². The van der Waals surface area contributed by atoms with Gasteiger partial charge in [-0.25, -0.2) is 10.2 Å². The van der Waals surface area contributed by atoms with Gasteiger partial charge in [0.05, 0.1) is 24.1 Å². The molecule has 0 saturated heterocycles. The topological polar surface area (TPSA) is 67.8 Å². The van der Waals surface area contributed by atoms with E-state index in [1.165, 1.54) is 30.6 Å². The fraction of sp³-hybridized carbons (Fsp3) is 0.211. The number of hydrogen-bond donors (Lipinski definition) is 1. The zero-order valence-electron chi connectivity index (χ0n) is 14.4. The number of benzene rings is 2. The zero-order chi connectivity index (χ0) is 18.2. The highest BCUT2D eigenvalue weighted by Crippen LogP contribution is 2.23. The third-order valence-corrected chi connectivity index (χ3v) is 4.54. The molecule has 0 aliphatic rings. The molecule has 1 atom stereocenters. The van der Waals surface area contributed by atoms with Gasteiger partial charge in [0, 0.05) is 4.90 Å². The number of nitrogens with zero attached hydrogens (tertiary/aromatic N) is 1. The van der Waals surface area contributed by atoms with Crippen molar-refractivity contribution in [2.75, 3.05) is 7.11 Å². The molecule has 1 amide bonds. The number of hydrogen-bond acceptors (Lipinski definition) is 5. The van der Waals surface area contributed by atoms with Gasteiger partial charge in [0.2, 0.25) is 0 Å². The molecule has 0 bridgehead atoms. The Labute approximate surface area is 151 Å². The molecule has 5 nitrogen and oxygen atoms in total. The Bertz CT molecular complexity index is 755. The van der Waals surface area contributed by atoms with Crippen molar-refractivity contribution < 1.29 is 14.3 Å². The highest BCUT2D eigenvalue weighted by atomic mass is 32.2. The van der Waals surface area contributed by atoms with Crippen LogP contribution in [0.3, 0.4) is 0 Å². The van der Waals surface area contributed by atoms with Gasteiger partial charge in [-0.15, -0.1) is 11.8 Å². The molecule has 0 aliphatic carbocycles. The third kappa shape index (κ3) is 5.76. The van der Waals surface area contributed by atoms with Gasteiger partial charge in [-0.1, -0.05) is 29.8 Å². The summed E-state index contributed by atoms with van der Waals surface area (Å²) in [5.41, 5.74) is 4.95. The van der Waals surface area contributed by atoms with E-state index in [2.05, 4.69) is 15.3 Å². The first-order valence-corrected chi connectivity index (χ1v) is 8.62. The van der Waals surface area contributed by atoms with E-state index >= 15 is 0 Å². The van der Waals surface area contributed by atoms with Crippen molar-refractivity contribution in [3.05, 3.63) is 65.2 Å². The number of carbonyl (C=O) groups is 2. The second-order valence-electron chi connectivity index (χ2n) is 5.42. The number of ether oxygens (including phenoxy) is 1. The molecule has 2 aromatic carbocycles. The number of esters is 1. The number of amides is 1. The number of aryl methyl sites for hydroxylation is 1. The summed E-state index contributed by atoms with van der Waals surface area (Å²) in [7, 11) is 1.34. The van der Waals surface area contributed by atoms with E-state index in [0.29, 0.717) is 5.56 Å². The van der Waals surface area contributed by atoms with Gasteiger partial charge >= 0.3 is 5.97 Å². The minimum Gasteiger partial charge on any atom is -0.465 e. The third-order valence-electron chi connectivity index (χ3n) is 3.42. The van der Waals surface area contributed by atoms with Crippen molar-refractivity contribution in [2.24, 2.45) is 5.10 Å². The molecular weight excluding hydrogens is 336 g/mol. The monoisotopic (exact) mass is 356 g/mol. The van der Waals surface area contributed by atoms with Crippen molar-refractivity contribution >= 4 is 29.9 Å². The fourth-order valence-corrected chi connectivity index (χ4v) is 2.82. The van der Waals surface area contributed by atoms with Crippen LogP contribution in [-0.4, -0.2) is 30.5 Å². The lowest BCUT2D eigenvalue weighted by Crippen LogP contribution is -2.26. The van der Waals surface area contributed by atoms with Crippen LogP contribution in [0.15, 0.2) is 58.5 Å². The Morgan fingerprint density at radius 3 is 2.36 bits per heavy atom. The van der Waals surface area contributed by atoms with Crippen LogP contribution in [0.4, 0.5) is 0 Å². The molecule has 25 heavy (non-hydrogen) atoms. The maximum absolute atomic E-state index is 12.1. The standard InChI is InChI=1S/C19H20N2O3S/c1-13-4-10-17(11-5-13)25-14(2)18(22)21-20-12-15-6-8-16(9-7-15)19(23)24-3/h4-12,14H,1-3H3,(H,21,22)/b20-12-/t14-/m1/s1. The lowest BCUT2D eigenvalue weighted by atomic mass is 10.1. The number of methoxy groups -OCH3 is 1. The van der Waals surface area contributed by atoms with Crippen LogP contribution in [0.5, 0.6) is 0 Å². The second-order valence-corrected chi connectivity index (χ2v) is 6.84. The van der Waals surface area contributed by atoms with E-state index in [1.54, 1.807) is 24.3 Å². The van der Waals surface area contributed by atoms with Gasteiger partial charge in [-0.2, -0.15) is 5.10 Å². The molecule has 0 aromatic heterocycles. The number of rotatable bonds is 6. The lowest BCUT2D eigenvalue weighted by molar-refractivity contribution is -0.120. The second kappa shape index (κ2) is 9.03. The molecule has 0 unspecified atom stereocenters. The molecule has 130 valence electrons. The molecule has 0 radical (unpaired) electrons. The van der Waals surface area contributed by atoms with E-state index in [4.69, 9.17) is 0 Å². The minimum atomic E-state index is -0.390. The molecule has 0 fully saturated rings. The summed E-state index contributed by atoms with van der Waals surface area (Å²) in [5.74, 6) is -0.563. The van der Waals surface area contributed by atoms with Crippen molar-refractivity contribution in [2.45, 2.75) is 24.0 Å². The molecule has 0 spiro atoms. The summed E-state index contributed by atoms with van der Waals surface area (Å²) in [6.07, 6.45) is 1.53. The number of hydrazone groups is 1. The van der Waals surface area contributed by atoms with Crippen molar-refractivity contribution in [3.8, 4) is 0 Å². The van der Waals surface area contributed by atoms with Crippen molar-refractivity contribution in [3.63, 3.8) is 0 Å². The summed E-state index contributed by atoms with van der Waals surface area (Å²) in [6.45, 7) is 3.86. The molecule has 0 aliphatic heterocycles. The Morgan fingerprint density at radius 1 is 1.12 bits per heavy atom. The van der Waals surface area contributed by atoms with Gasteiger partial charge in [-0.3, -0.25) is 4.79 Å². The Balaban J connectivity index is 1.86. The zero-order valence-corrected chi connectivity index (χ0v) is 15.2. The van der Waals surface area contributed by atoms with Crippen LogP contribution >= 0.6 is 11.8 Å². The highest BCUT2D eigenvalue weighted by Gasteiger charge is 2.13. The molecular formula is C19H20N2O3S. The normalized spacial score (nSPS) is 12.0. The molecule has 0 heterocycles. The van der Waals surface area contributed by atoms with Crippen molar-refractivity contribution in [1.29, 1.82) is 0 Å². The van der Waals surface area contributed by atoms with E-state index in [-0.39, 0.29) is 11.2 Å². The molecule has 6 heteroatoms. The quantitative estimate of drug-likeness (QED) is 0.373. The molecule has 2 rings (SSSR count). The number of nitrogens with one attached hydrogen (secondary N) is 1. The molecule has 1 N–H and O–H groups in total. The average molecular weight is 356 g/mol. The van der Waals surface area contributed by atoms with Crippen LogP contribution in [0.2, 0.25) is 0 Å². The molecule has 0 saturated carbocycles. The summed E-state index contributed by atoms with van der Waals surface area (Å²) in [6, 6.07) is 14.8. The van der Waals surface area contributed by atoms with E-state index in [0.717, 1.165) is 10.5 Å². The first-order valence-electron chi connectivity index (χ1n) is 7.74. The SMILES string of the molecule is COC(=O)c1ccc(/C=N\NC(=O)[C@@H](C)Sc2ccc(C)cc2)cc1. The summed E-state index contributed by atoms with van der Waals surface area (Å²) >= 11 is 1.48. The summed E-state index contributed by atoms with van der Waals surface area (Å²) in [4.78, 5) is 24.5. The van der Waals surface area contributed by atoms with Gasteiger partial charge in [0.25, 0.3) is 5.91 Å². The highest BCUT2D eigenvalue weighted by molar-refractivity contribution is 8.00. The van der Waals surface area contributed by atoms with Crippen LogP contribution < -0.4 is 5.43 Å². The maximum Gasteiger partial charge on any atom is 0.337 e. The molecule has 2 aromatic rings. The van der Waals surface area contributed by atoms with E-state index in [1.807, 2.05) is 38.1 Å². The summed E-state index contributed by atoms with van der Waals surface area (Å²) < 4.78 is 4.64. The number of carbonyl (C=O) groups excluding carboxylic acids is 2. The van der Waals surface area contributed by atoms with Crippen LogP contribution in [0.25, 0.3) is 0 Å². The van der Waals surface area contributed by atoms with Crippen molar-refractivity contribution in [1.82, 2.24) is 5.43 Å². The maximum atomic E-state index is 12.1. The Kier molecular flexibility index (Phi) is 6.77. The van der Waals surface area contributed by atoms with Crippen LogP contribution in [0, 0.1) is 6.92 Å². The lowest BCUT2D eigenvalue weighted by Gasteiger charge is -2.09. The minimum absolute atomic E-state index is 0.173. The fourth-order valence-electron chi connectivity index (χ4n) is 1.96.